The zero-order chi connectivity index (χ0) is 19.6. The highest BCUT2D eigenvalue weighted by molar-refractivity contribution is 7.80. The number of amides is 1. The van der Waals surface area contributed by atoms with Gasteiger partial charge in [0.05, 0.1) is 24.4 Å². The van der Waals surface area contributed by atoms with Gasteiger partial charge in [0.1, 0.15) is 11.5 Å². The largest absolute Gasteiger partial charge is 0.497 e. The van der Waals surface area contributed by atoms with Gasteiger partial charge in [-0.25, -0.2) is 4.98 Å². The van der Waals surface area contributed by atoms with E-state index in [4.69, 9.17) is 21.7 Å². The molecule has 0 saturated heterocycles. The highest BCUT2D eigenvalue weighted by atomic mass is 32.1. The number of aromatic nitrogens is 1. The summed E-state index contributed by atoms with van der Waals surface area (Å²) >= 11 is 6.77. The average molecular weight is 402 g/mol. The van der Waals surface area contributed by atoms with Crippen molar-refractivity contribution in [3.63, 3.8) is 0 Å². The first-order chi connectivity index (χ1) is 12.9. The molecule has 1 amide bonds. The number of fused-ring (bicyclic) bond motifs is 1. The van der Waals surface area contributed by atoms with Crippen LogP contribution in [-0.2, 0) is 0 Å². The van der Waals surface area contributed by atoms with Crippen LogP contribution in [0.1, 0.15) is 21.5 Å². The van der Waals surface area contributed by atoms with E-state index in [1.807, 2.05) is 19.9 Å². The summed E-state index contributed by atoms with van der Waals surface area (Å²) in [5.74, 6) is 0.684. The second-order valence-corrected chi connectivity index (χ2v) is 7.31. The van der Waals surface area contributed by atoms with Crippen molar-refractivity contribution in [1.82, 2.24) is 10.3 Å². The lowest BCUT2D eigenvalue weighted by Crippen LogP contribution is -2.34. The molecule has 0 fully saturated rings. The molecular weight excluding hydrogens is 382 g/mol. The van der Waals surface area contributed by atoms with Gasteiger partial charge in [-0.2, -0.15) is 0 Å². The van der Waals surface area contributed by atoms with Gasteiger partial charge < -0.3 is 14.8 Å². The number of nitrogens with one attached hydrogen (secondary N) is 2. The molecule has 6 nitrogen and oxygen atoms in total. The van der Waals surface area contributed by atoms with Crippen LogP contribution >= 0.6 is 23.6 Å². The third kappa shape index (κ3) is 4.17. The van der Waals surface area contributed by atoms with Crippen LogP contribution in [0.25, 0.3) is 10.2 Å². The molecule has 0 aliphatic carbocycles. The van der Waals surface area contributed by atoms with Crippen molar-refractivity contribution in [2.24, 2.45) is 0 Å². The predicted molar refractivity (Wildman–Crippen MR) is 112 cm³/mol. The molecule has 1 aromatic heterocycles. The van der Waals surface area contributed by atoms with Crippen molar-refractivity contribution in [3.8, 4) is 11.5 Å². The number of aryl methyl sites for hydroxylation is 2. The number of carbonyl (C=O) groups excluding carboxylic acids is 1. The minimum atomic E-state index is -0.363. The zero-order valence-electron chi connectivity index (χ0n) is 15.4. The molecule has 0 aliphatic heterocycles. The first-order valence-electron chi connectivity index (χ1n) is 8.13. The van der Waals surface area contributed by atoms with Gasteiger partial charge in [0, 0.05) is 11.6 Å². The van der Waals surface area contributed by atoms with Crippen LogP contribution in [0.15, 0.2) is 30.3 Å². The van der Waals surface area contributed by atoms with E-state index < -0.39 is 0 Å². The van der Waals surface area contributed by atoms with Crippen molar-refractivity contribution in [2.45, 2.75) is 13.8 Å². The van der Waals surface area contributed by atoms with Crippen LogP contribution in [-0.4, -0.2) is 30.2 Å². The average Bonchev–Trinajstić information content (AvgIpc) is 3.09. The van der Waals surface area contributed by atoms with E-state index in [2.05, 4.69) is 21.7 Å². The van der Waals surface area contributed by atoms with E-state index in [1.165, 1.54) is 25.6 Å². The summed E-state index contributed by atoms with van der Waals surface area (Å²) in [4.78, 5) is 17.1. The lowest BCUT2D eigenvalue weighted by atomic mass is 10.1. The van der Waals surface area contributed by atoms with Gasteiger partial charge in [-0.05, 0) is 49.3 Å². The SMILES string of the molecule is COc1cc(OC)cc(C(=O)NC(=S)Nc2nc3c(C)ccc(C)c3s2)c1. The Labute approximate surface area is 166 Å². The Balaban J connectivity index is 1.75. The monoisotopic (exact) mass is 401 g/mol. The summed E-state index contributed by atoms with van der Waals surface area (Å²) in [5, 5.41) is 6.46. The van der Waals surface area contributed by atoms with E-state index in [0.29, 0.717) is 22.2 Å². The fourth-order valence-corrected chi connectivity index (χ4v) is 3.82. The predicted octanol–water partition coefficient (Wildman–Crippen LogP) is 4.06. The molecule has 140 valence electrons. The van der Waals surface area contributed by atoms with Crippen molar-refractivity contribution in [3.05, 3.63) is 47.0 Å². The van der Waals surface area contributed by atoms with Gasteiger partial charge in [-0.3, -0.25) is 10.1 Å². The van der Waals surface area contributed by atoms with Gasteiger partial charge in [0.2, 0.25) is 0 Å². The zero-order valence-corrected chi connectivity index (χ0v) is 17.0. The Hall–Kier alpha value is -2.71. The van der Waals surface area contributed by atoms with Crippen LogP contribution in [0, 0.1) is 13.8 Å². The molecule has 0 radical (unpaired) electrons. The number of rotatable bonds is 4. The number of thiocarbonyl (C=S) groups is 1. The van der Waals surface area contributed by atoms with Crippen LogP contribution in [0.4, 0.5) is 5.13 Å². The molecule has 27 heavy (non-hydrogen) atoms. The molecule has 0 saturated carbocycles. The molecule has 1 heterocycles. The minimum absolute atomic E-state index is 0.177. The molecule has 3 rings (SSSR count). The van der Waals surface area contributed by atoms with E-state index in [-0.39, 0.29) is 11.0 Å². The van der Waals surface area contributed by atoms with Crippen molar-refractivity contribution < 1.29 is 14.3 Å². The standard InChI is InChI=1S/C19H19N3O3S2/c1-10-5-6-11(2)16-15(10)20-19(27-16)22-18(26)21-17(23)12-7-13(24-3)9-14(8-12)25-4/h5-9H,1-4H3,(H2,20,21,22,23,26). The second-order valence-electron chi connectivity index (χ2n) is 5.91. The fraction of sp³-hybridized carbons (Fsp3) is 0.211. The molecule has 2 aromatic carbocycles. The topological polar surface area (TPSA) is 72.5 Å². The van der Waals surface area contributed by atoms with E-state index in [0.717, 1.165) is 21.3 Å². The Morgan fingerprint density at radius 3 is 2.30 bits per heavy atom. The maximum Gasteiger partial charge on any atom is 0.257 e. The quantitative estimate of drug-likeness (QED) is 0.643. The molecule has 0 bridgehead atoms. The van der Waals surface area contributed by atoms with E-state index in [1.54, 1.807) is 18.2 Å². The molecule has 0 atom stereocenters. The highest BCUT2D eigenvalue weighted by Gasteiger charge is 2.14. The first kappa shape index (κ1) is 19.1. The Kier molecular flexibility index (Phi) is 5.57. The highest BCUT2D eigenvalue weighted by Crippen LogP contribution is 2.30. The molecule has 8 heteroatoms. The van der Waals surface area contributed by atoms with Crippen molar-refractivity contribution >= 4 is 49.9 Å². The molecule has 0 spiro atoms. The molecule has 0 unspecified atom stereocenters. The summed E-state index contributed by atoms with van der Waals surface area (Å²) in [6.45, 7) is 4.06. The van der Waals surface area contributed by atoms with Crippen molar-refractivity contribution in [1.29, 1.82) is 0 Å². The molecule has 2 N–H and O–H groups in total. The number of hydrogen-bond donors (Lipinski definition) is 2. The lowest BCUT2D eigenvalue weighted by Gasteiger charge is -2.10. The normalized spacial score (nSPS) is 10.5. The maximum absolute atomic E-state index is 12.5. The van der Waals surface area contributed by atoms with Gasteiger partial charge in [0.15, 0.2) is 10.2 Å². The summed E-state index contributed by atoms with van der Waals surface area (Å²) < 4.78 is 11.5. The summed E-state index contributed by atoms with van der Waals surface area (Å²) in [6, 6.07) is 9.03. The third-order valence-corrected chi connectivity index (χ3v) is 5.31. The van der Waals surface area contributed by atoms with Gasteiger partial charge >= 0.3 is 0 Å². The maximum atomic E-state index is 12.5. The van der Waals surface area contributed by atoms with Gasteiger partial charge in [0.25, 0.3) is 5.91 Å². The summed E-state index contributed by atoms with van der Waals surface area (Å²) in [7, 11) is 3.06. The van der Waals surface area contributed by atoms with Gasteiger partial charge in [-0.1, -0.05) is 23.5 Å². The Bertz CT molecular complexity index is 969. The number of benzene rings is 2. The number of carbonyl (C=O) groups is 1. The van der Waals surface area contributed by atoms with Crippen LogP contribution in [0.2, 0.25) is 0 Å². The number of anilines is 1. The Morgan fingerprint density at radius 1 is 1.07 bits per heavy atom. The third-order valence-electron chi connectivity index (χ3n) is 4.00. The smallest absolute Gasteiger partial charge is 0.257 e. The summed E-state index contributed by atoms with van der Waals surface area (Å²) in [6.07, 6.45) is 0. The summed E-state index contributed by atoms with van der Waals surface area (Å²) in [5.41, 5.74) is 3.57. The number of hydrogen-bond acceptors (Lipinski definition) is 6. The molecular formula is C19H19N3O3S2. The second kappa shape index (κ2) is 7.89. The molecule has 3 aromatic rings. The fourth-order valence-electron chi connectivity index (χ4n) is 2.55. The lowest BCUT2D eigenvalue weighted by molar-refractivity contribution is 0.0977. The van der Waals surface area contributed by atoms with E-state index in [9.17, 15) is 4.79 Å². The first-order valence-corrected chi connectivity index (χ1v) is 9.36. The van der Waals surface area contributed by atoms with E-state index >= 15 is 0 Å². The van der Waals surface area contributed by atoms with Crippen LogP contribution in [0.5, 0.6) is 11.5 Å². The molecule has 0 aliphatic rings. The number of ether oxygens (including phenoxy) is 2. The van der Waals surface area contributed by atoms with Gasteiger partial charge in [-0.15, -0.1) is 0 Å². The van der Waals surface area contributed by atoms with Crippen LogP contribution < -0.4 is 20.1 Å². The minimum Gasteiger partial charge on any atom is -0.497 e. The number of nitrogens with zero attached hydrogens (tertiary/aromatic N) is 1. The Morgan fingerprint density at radius 2 is 1.70 bits per heavy atom. The van der Waals surface area contributed by atoms with Crippen LogP contribution in [0.3, 0.4) is 0 Å². The number of thiazole rings is 1. The van der Waals surface area contributed by atoms with Crippen molar-refractivity contribution in [2.75, 3.05) is 19.5 Å². The number of methoxy groups -OCH3 is 2.